The molecule has 0 aromatic heterocycles. The lowest BCUT2D eigenvalue weighted by Gasteiger charge is -2.03. The Labute approximate surface area is 104 Å². The number of benzene rings is 1. The van der Waals surface area contributed by atoms with Gasteiger partial charge in [-0.1, -0.05) is 33.8 Å². The molecule has 0 spiro atoms. The summed E-state index contributed by atoms with van der Waals surface area (Å²) < 4.78 is 4.71. The Bertz CT molecular complexity index is 441. The molecule has 0 aliphatic carbocycles. The van der Waals surface area contributed by atoms with Crippen molar-refractivity contribution in [1.29, 1.82) is 0 Å². The zero-order valence-electron chi connectivity index (χ0n) is 9.34. The summed E-state index contributed by atoms with van der Waals surface area (Å²) in [7, 11) is 1.37. The van der Waals surface area contributed by atoms with Crippen LogP contribution in [0.15, 0.2) is 18.2 Å². The van der Waals surface area contributed by atoms with Gasteiger partial charge in [0.2, 0.25) is 0 Å². The number of aryl methyl sites for hydroxylation is 1. The number of alkyl halides is 1. The minimum absolute atomic E-state index is 0.344. The van der Waals surface area contributed by atoms with Crippen molar-refractivity contribution in [2.24, 2.45) is 0 Å². The number of methoxy groups -OCH3 is 1. The second kappa shape index (κ2) is 6.34. The molecule has 0 heterocycles. The molecule has 3 heteroatoms. The fraction of sp³-hybridized carbons (Fsp3) is 0.308. The van der Waals surface area contributed by atoms with Gasteiger partial charge in [-0.3, -0.25) is 0 Å². The van der Waals surface area contributed by atoms with Crippen molar-refractivity contribution >= 4 is 21.9 Å². The largest absolute Gasteiger partial charge is 0.465 e. The summed E-state index contributed by atoms with van der Waals surface area (Å²) in [4.78, 5) is 11.5. The van der Waals surface area contributed by atoms with Crippen molar-refractivity contribution in [1.82, 2.24) is 0 Å². The minimum Gasteiger partial charge on any atom is -0.465 e. The van der Waals surface area contributed by atoms with Crippen LogP contribution in [0, 0.1) is 18.8 Å². The van der Waals surface area contributed by atoms with Crippen molar-refractivity contribution in [2.75, 3.05) is 12.4 Å². The van der Waals surface area contributed by atoms with Crippen LogP contribution in [0.1, 0.15) is 27.9 Å². The predicted octanol–water partition coefficient (Wildman–Crippen LogP) is 2.92. The summed E-state index contributed by atoms with van der Waals surface area (Å²) in [5.41, 5.74) is 2.33. The smallest absolute Gasteiger partial charge is 0.339 e. The maximum atomic E-state index is 11.5. The van der Waals surface area contributed by atoms with Crippen LogP contribution in [0.3, 0.4) is 0 Å². The third-order valence-electron chi connectivity index (χ3n) is 2.02. The van der Waals surface area contributed by atoms with Crippen molar-refractivity contribution in [2.45, 2.75) is 13.3 Å². The zero-order chi connectivity index (χ0) is 12.0. The number of halogens is 1. The van der Waals surface area contributed by atoms with Gasteiger partial charge in [0.15, 0.2) is 0 Å². The molecule has 16 heavy (non-hydrogen) atoms. The normalized spacial score (nSPS) is 9.19. The highest BCUT2D eigenvalue weighted by molar-refractivity contribution is 9.09. The molecule has 0 saturated carbocycles. The quantitative estimate of drug-likeness (QED) is 0.473. The average molecular weight is 281 g/mol. The molecule has 0 aliphatic heterocycles. The van der Waals surface area contributed by atoms with Crippen LogP contribution in [-0.2, 0) is 4.74 Å². The Hall–Kier alpha value is -1.27. The first-order valence-electron chi connectivity index (χ1n) is 4.93. The number of ether oxygens (including phenoxy) is 1. The Morgan fingerprint density at radius 2 is 2.25 bits per heavy atom. The van der Waals surface area contributed by atoms with Gasteiger partial charge in [-0.25, -0.2) is 4.79 Å². The molecule has 0 atom stereocenters. The van der Waals surface area contributed by atoms with Crippen LogP contribution in [0.25, 0.3) is 0 Å². The third kappa shape index (κ3) is 3.39. The monoisotopic (exact) mass is 280 g/mol. The first-order valence-corrected chi connectivity index (χ1v) is 6.05. The maximum Gasteiger partial charge on any atom is 0.339 e. The van der Waals surface area contributed by atoms with Gasteiger partial charge in [-0.05, 0) is 24.6 Å². The average Bonchev–Trinajstić information content (AvgIpc) is 2.29. The second-order valence-corrected chi connectivity index (χ2v) is 4.07. The highest BCUT2D eigenvalue weighted by Crippen LogP contribution is 2.12. The molecule has 1 aromatic rings. The molecule has 0 N–H and O–H groups in total. The van der Waals surface area contributed by atoms with E-state index in [1.807, 2.05) is 19.1 Å². The van der Waals surface area contributed by atoms with Crippen molar-refractivity contribution < 1.29 is 9.53 Å². The minimum atomic E-state index is -0.344. The number of hydrogen-bond acceptors (Lipinski definition) is 2. The van der Waals surface area contributed by atoms with E-state index < -0.39 is 0 Å². The van der Waals surface area contributed by atoms with E-state index in [0.717, 1.165) is 22.9 Å². The molecule has 0 amide bonds. The predicted molar refractivity (Wildman–Crippen MR) is 67.8 cm³/mol. The van der Waals surface area contributed by atoms with E-state index >= 15 is 0 Å². The Morgan fingerprint density at radius 3 is 2.88 bits per heavy atom. The summed E-state index contributed by atoms with van der Waals surface area (Å²) in [5.74, 6) is 5.64. The van der Waals surface area contributed by atoms with Crippen molar-refractivity contribution in [3.05, 3.63) is 34.9 Å². The number of carbonyl (C=O) groups is 1. The van der Waals surface area contributed by atoms with Gasteiger partial charge in [0.1, 0.15) is 0 Å². The summed E-state index contributed by atoms with van der Waals surface area (Å²) in [5, 5.41) is 0.833. The van der Waals surface area contributed by atoms with E-state index in [1.165, 1.54) is 7.11 Å². The highest BCUT2D eigenvalue weighted by atomic mass is 79.9. The lowest BCUT2D eigenvalue weighted by molar-refractivity contribution is 0.0600. The van der Waals surface area contributed by atoms with Crippen LogP contribution in [0.5, 0.6) is 0 Å². The summed E-state index contributed by atoms with van der Waals surface area (Å²) in [6.07, 6.45) is 0.758. The van der Waals surface area contributed by atoms with E-state index in [1.54, 1.807) is 6.07 Å². The molecule has 0 aliphatic rings. The molecule has 2 nitrogen and oxygen atoms in total. The van der Waals surface area contributed by atoms with Gasteiger partial charge in [-0.15, -0.1) is 0 Å². The van der Waals surface area contributed by atoms with Gasteiger partial charge in [0.05, 0.1) is 12.7 Å². The molecule has 0 unspecified atom stereocenters. The standard InChI is InChI=1S/C13H13BrO2/c1-10-6-7-12(13(15)16-2)11(9-10)5-3-4-8-14/h6-7,9H,4,8H2,1-2H3. The molecule has 1 rings (SSSR count). The molecule has 0 radical (unpaired) electrons. The zero-order valence-corrected chi connectivity index (χ0v) is 10.9. The van der Waals surface area contributed by atoms with E-state index in [-0.39, 0.29) is 5.97 Å². The van der Waals surface area contributed by atoms with Crippen LogP contribution in [-0.4, -0.2) is 18.4 Å². The van der Waals surface area contributed by atoms with Crippen molar-refractivity contribution in [3.8, 4) is 11.8 Å². The van der Waals surface area contributed by atoms with Gasteiger partial charge >= 0.3 is 5.97 Å². The summed E-state index contributed by atoms with van der Waals surface area (Å²) in [6, 6.07) is 5.52. The molecule has 0 saturated heterocycles. The molecule has 84 valence electrons. The molecule has 1 aromatic carbocycles. The first-order chi connectivity index (χ1) is 7.69. The topological polar surface area (TPSA) is 26.3 Å². The third-order valence-corrected chi connectivity index (χ3v) is 2.42. The van der Waals surface area contributed by atoms with Gasteiger partial charge in [0.25, 0.3) is 0 Å². The van der Waals surface area contributed by atoms with Crippen molar-refractivity contribution in [3.63, 3.8) is 0 Å². The maximum absolute atomic E-state index is 11.5. The van der Waals surface area contributed by atoms with Gasteiger partial charge < -0.3 is 4.74 Å². The Kier molecular flexibility index (Phi) is 5.07. The second-order valence-electron chi connectivity index (χ2n) is 3.28. The summed E-state index contributed by atoms with van der Waals surface area (Å²) in [6.45, 7) is 1.97. The Balaban J connectivity index is 3.09. The van der Waals surface area contributed by atoms with E-state index in [2.05, 4.69) is 27.8 Å². The van der Waals surface area contributed by atoms with Crippen LogP contribution < -0.4 is 0 Å². The van der Waals surface area contributed by atoms with Crippen LogP contribution in [0.2, 0.25) is 0 Å². The lowest BCUT2D eigenvalue weighted by Crippen LogP contribution is -2.04. The fourth-order valence-electron chi connectivity index (χ4n) is 1.25. The number of carbonyl (C=O) groups excluding carboxylic acids is 1. The Morgan fingerprint density at radius 1 is 1.50 bits per heavy atom. The lowest BCUT2D eigenvalue weighted by atomic mass is 10.0. The molecule has 0 fully saturated rings. The van der Waals surface area contributed by atoms with E-state index in [9.17, 15) is 4.79 Å². The molecular formula is C13H13BrO2. The van der Waals surface area contributed by atoms with Gasteiger partial charge in [0, 0.05) is 17.3 Å². The van der Waals surface area contributed by atoms with E-state index in [0.29, 0.717) is 5.56 Å². The van der Waals surface area contributed by atoms with Crippen LogP contribution in [0.4, 0.5) is 0 Å². The SMILES string of the molecule is COC(=O)c1ccc(C)cc1C#CCCBr. The highest BCUT2D eigenvalue weighted by Gasteiger charge is 2.09. The number of esters is 1. The molecule has 0 bridgehead atoms. The van der Waals surface area contributed by atoms with Crippen LogP contribution >= 0.6 is 15.9 Å². The molecular weight excluding hydrogens is 268 g/mol. The van der Waals surface area contributed by atoms with E-state index in [4.69, 9.17) is 4.74 Å². The fourth-order valence-corrected chi connectivity index (χ4v) is 1.45. The summed E-state index contributed by atoms with van der Waals surface area (Å²) >= 11 is 3.30. The number of rotatable bonds is 2. The first kappa shape index (κ1) is 12.8. The van der Waals surface area contributed by atoms with Gasteiger partial charge in [-0.2, -0.15) is 0 Å². The number of hydrogen-bond donors (Lipinski definition) is 0.